The molecule has 0 saturated carbocycles. The topological polar surface area (TPSA) is 76.3 Å². The molecule has 124 valence electrons. The van der Waals surface area contributed by atoms with Gasteiger partial charge in [-0.05, 0) is 56.4 Å². The largest absolute Gasteiger partial charge is 0.328 e. The van der Waals surface area contributed by atoms with Gasteiger partial charge in [0.25, 0.3) is 0 Å². The fourth-order valence-corrected chi connectivity index (χ4v) is 4.95. The predicted molar refractivity (Wildman–Crippen MR) is 91.6 cm³/mol. The average molecular weight is 333 g/mol. The molecular weight excluding hydrogens is 310 g/mol. The first-order valence-electron chi connectivity index (χ1n) is 8.01. The Kier molecular flexibility index (Phi) is 4.40. The van der Waals surface area contributed by atoms with E-state index in [1.165, 1.54) is 0 Å². The first kappa shape index (κ1) is 16.4. The van der Waals surface area contributed by atoms with Crippen LogP contribution in [0, 0.1) is 12.8 Å². The van der Waals surface area contributed by atoms with Gasteiger partial charge >= 0.3 is 0 Å². The number of nitrogens with zero attached hydrogens (tertiary/aromatic N) is 2. The van der Waals surface area contributed by atoms with E-state index in [4.69, 9.17) is 5.73 Å². The summed E-state index contributed by atoms with van der Waals surface area (Å²) < 4.78 is 27.7. The van der Waals surface area contributed by atoms with Crippen molar-refractivity contribution >= 4 is 20.9 Å². The van der Waals surface area contributed by atoms with Crippen LogP contribution in [0.2, 0.25) is 0 Å². The highest BCUT2D eigenvalue weighted by Gasteiger charge is 2.31. The second-order valence-corrected chi connectivity index (χ2v) is 8.29. The summed E-state index contributed by atoms with van der Waals surface area (Å²) in [4.78, 5) is 4.69. The normalized spacial score (nSPS) is 19.1. The fraction of sp³-hybridized carbons (Fsp3) is 0.471. The summed E-state index contributed by atoms with van der Waals surface area (Å²) in [5.41, 5.74) is 7.68. The number of pyridine rings is 1. The van der Waals surface area contributed by atoms with E-state index in [-0.39, 0.29) is 6.04 Å². The fourth-order valence-electron chi connectivity index (χ4n) is 3.29. The minimum atomic E-state index is -3.50. The van der Waals surface area contributed by atoms with Gasteiger partial charge in [0.2, 0.25) is 10.0 Å². The SMILES string of the molecule is Cc1ccc(S(=O)(=O)N2CCC(C(C)N)CC2)c2cccnc12. The van der Waals surface area contributed by atoms with Crippen molar-refractivity contribution in [3.63, 3.8) is 0 Å². The van der Waals surface area contributed by atoms with E-state index in [1.54, 1.807) is 22.6 Å². The number of hydrogen-bond donors (Lipinski definition) is 1. The number of sulfonamides is 1. The Morgan fingerprint density at radius 2 is 1.96 bits per heavy atom. The molecule has 0 radical (unpaired) electrons. The molecule has 1 fully saturated rings. The zero-order valence-electron chi connectivity index (χ0n) is 13.6. The predicted octanol–water partition coefficient (Wildman–Crippen LogP) is 2.29. The molecule has 1 atom stereocenters. The van der Waals surface area contributed by atoms with E-state index in [1.807, 2.05) is 26.0 Å². The van der Waals surface area contributed by atoms with Crippen molar-refractivity contribution in [2.45, 2.75) is 37.6 Å². The maximum atomic E-state index is 13.1. The van der Waals surface area contributed by atoms with Crippen LogP contribution in [0.4, 0.5) is 0 Å². The number of hydrogen-bond acceptors (Lipinski definition) is 4. The van der Waals surface area contributed by atoms with Crippen LogP contribution >= 0.6 is 0 Å². The zero-order valence-corrected chi connectivity index (χ0v) is 14.4. The molecule has 0 amide bonds. The van der Waals surface area contributed by atoms with Gasteiger partial charge < -0.3 is 5.73 Å². The van der Waals surface area contributed by atoms with Crippen LogP contribution < -0.4 is 5.73 Å². The third-order valence-corrected chi connectivity index (χ3v) is 6.75. The van der Waals surface area contributed by atoms with Crippen molar-refractivity contribution in [3.05, 3.63) is 36.0 Å². The van der Waals surface area contributed by atoms with Gasteiger partial charge in [0.05, 0.1) is 10.4 Å². The van der Waals surface area contributed by atoms with Crippen LogP contribution in [-0.2, 0) is 10.0 Å². The molecule has 1 saturated heterocycles. The molecule has 1 unspecified atom stereocenters. The molecule has 1 aromatic carbocycles. The lowest BCUT2D eigenvalue weighted by Gasteiger charge is -2.33. The minimum Gasteiger partial charge on any atom is -0.328 e. The number of nitrogens with two attached hydrogens (primary N) is 1. The highest BCUT2D eigenvalue weighted by molar-refractivity contribution is 7.89. The van der Waals surface area contributed by atoms with Gasteiger partial charge in [0.15, 0.2) is 0 Å². The summed E-state index contributed by atoms with van der Waals surface area (Å²) in [7, 11) is -3.50. The quantitative estimate of drug-likeness (QED) is 0.935. The van der Waals surface area contributed by atoms with Crippen LogP contribution in [-0.4, -0.2) is 36.8 Å². The van der Waals surface area contributed by atoms with Crippen molar-refractivity contribution in [1.29, 1.82) is 0 Å². The highest BCUT2D eigenvalue weighted by atomic mass is 32.2. The van der Waals surface area contributed by atoms with Gasteiger partial charge in [0, 0.05) is 30.7 Å². The Hall–Kier alpha value is -1.50. The number of benzene rings is 1. The van der Waals surface area contributed by atoms with Crippen LogP contribution in [0.5, 0.6) is 0 Å². The Morgan fingerprint density at radius 3 is 2.61 bits per heavy atom. The van der Waals surface area contributed by atoms with Crippen molar-refractivity contribution in [1.82, 2.24) is 9.29 Å². The molecule has 0 aliphatic carbocycles. The summed E-state index contributed by atoms with van der Waals surface area (Å²) >= 11 is 0. The number of fused-ring (bicyclic) bond motifs is 1. The number of aryl methyl sites for hydroxylation is 1. The van der Waals surface area contributed by atoms with Crippen LogP contribution in [0.3, 0.4) is 0 Å². The van der Waals surface area contributed by atoms with E-state index in [9.17, 15) is 8.42 Å². The first-order chi connectivity index (χ1) is 10.9. The molecule has 5 nitrogen and oxygen atoms in total. The lowest BCUT2D eigenvalue weighted by molar-refractivity contribution is 0.251. The molecule has 3 rings (SSSR count). The molecule has 2 N–H and O–H groups in total. The second kappa shape index (κ2) is 6.19. The number of aromatic nitrogens is 1. The van der Waals surface area contributed by atoms with Crippen molar-refractivity contribution in [2.75, 3.05) is 13.1 Å². The molecule has 6 heteroatoms. The van der Waals surface area contributed by atoms with Crippen molar-refractivity contribution < 1.29 is 8.42 Å². The van der Waals surface area contributed by atoms with Gasteiger partial charge in [0.1, 0.15) is 0 Å². The third-order valence-electron chi connectivity index (χ3n) is 4.79. The van der Waals surface area contributed by atoms with Gasteiger partial charge in [-0.25, -0.2) is 8.42 Å². The van der Waals surface area contributed by atoms with Crippen LogP contribution in [0.15, 0.2) is 35.4 Å². The van der Waals surface area contributed by atoms with E-state index >= 15 is 0 Å². The summed E-state index contributed by atoms with van der Waals surface area (Å²) in [5, 5.41) is 0.696. The lowest BCUT2D eigenvalue weighted by Crippen LogP contribution is -2.42. The molecule has 1 aliphatic rings. The Balaban J connectivity index is 1.97. The second-order valence-electron chi connectivity index (χ2n) is 6.38. The summed E-state index contributed by atoms with van der Waals surface area (Å²) in [6.45, 7) is 5.00. The number of rotatable bonds is 3. The molecule has 0 spiro atoms. The van der Waals surface area contributed by atoms with Crippen molar-refractivity contribution in [3.8, 4) is 0 Å². The third kappa shape index (κ3) is 2.98. The maximum Gasteiger partial charge on any atom is 0.243 e. The van der Waals surface area contributed by atoms with E-state index in [0.29, 0.717) is 29.3 Å². The Bertz CT molecular complexity index is 810. The Morgan fingerprint density at radius 1 is 1.26 bits per heavy atom. The van der Waals surface area contributed by atoms with Gasteiger partial charge in [-0.1, -0.05) is 6.07 Å². The molecule has 1 aromatic heterocycles. The standard InChI is InChI=1S/C17H23N3O2S/c1-12-5-6-16(15-4-3-9-19-17(12)15)23(21,22)20-10-7-14(8-11-20)13(2)18/h3-6,9,13-14H,7-8,10-11,18H2,1-2H3. The zero-order chi connectivity index (χ0) is 16.6. The van der Waals surface area contributed by atoms with E-state index < -0.39 is 10.0 Å². The van der Waals surface area contributed by atoms with Gasteiger partial charge in [-0.2, -0.15) is 4.31 Å². The molecule has 0 bridgehead atoms. The van der Waals surface area contributed by atoms with E-state index in [2.05, 4.69) is 4.98 Å². The monoisotopic (exact) mass is 333 g/mol. The summed E-state index contributed by atoms with van der Waals surface area (Å²) in [6.07, 6.45) is 3.33. The molecule has 23 heavy (non-hydrogen) atoms. The first-order valence-corrected chi connectivity index (χ1v) is 9.45. The minimum absolute atomic E-state index is 0.115. The smallest absolute Gasteiger partial charge is 0.243 e. The van der Waals surface area contributed by atoms with Gasteiger partial charge in [-0.3, -0.25) is 4.98 Å². The van der Waals surface area contributed by atoms with Gasteiger partial charge in [-0.15, -0.1) is 0 Å². The highest BCUT2D eigenvalue weighted by Crippen LogP contribution is 2.30. The Labute approximate surface area is 137 Å². The lowest BCUT2D eigenvalue weighted by atomic mass is 9.92. The summed E-state index contributed by atoms with van der Waals surface area (Å²) in [5.74, 6) is 0.401. The molecule has 2 heterocycles. The molecular formula is C17H23N3O2S. The van der Waals surface area contributed by atoms with Crippen molar-refractivity contribution in [2.24, 2.45) is 11.7 Å². The average Bonchev–Trinajstić information content (AvgIpc) is 2.55. The maximum absolute atomic E-state index is 13.1. The van der Waals surface area contributed by atoms with Crippen LogP contribution in [0.1, 0.15) is 25.3 Å². The van der Waals surface area contributed by atoms with Crippen LogP contribution in [0.25, 0.3) is 10.9 Å². The summed E-state index contributed by atoms with van der Waals surface area (Å²) in [6, 6.07) is 7.26. The molecule has 1 aliphatic heterocycles. The molecule has 2 aromatic rings. The number of piperidine rings is 1. The van der Waals surface area contributed by atoms with E-state index in [0.717, 1.165) is 23.9 Å².